The number of H-pyrrole nitrogens is 1. The molecule has 2 heterocycles. The van der Waals surface area contributed by atoms with Crippen molar-refractivity contribution in [3.8, 4) is 11.3 Å². The van der Waals surface area contributed by atoms with Gasteiger partial charge in [0.15, 0.2) is 0 Å². The van der Waals surface area contributed by atoms with Gasteiger partial charge in [-0.1, -0.05) is 30.3 Å². The molecule has 3 rings (SSSR count). The first kappa shape index (κ1) is 12.4. The summed E-state index contributed by atoms with van der Waals surface area (Å²) in [6, 6.07) is 13.8. The predicted molar refractivity (Wildman–Crippen MR) is 74.4 cm³/mol. The lowest BCUT2D eigenvalue weighted by atomic mass is 10.1. The smallest absolute Gasteiger partial charge is 0.117 e. The van der Waals surface area contributed by atoms with Crippen LogP contribution in [-0.4, -0.2) is 25.6 Å². The maximum absolute atomic E-state index is 4.21. The van der Waals surface area contributed by atoms with Gasteiger partial charge < -0.3 is 5.32 Å². The van der Waals surface area contributed by atoms with Gasteiger partial charge in [0.25, 0.3) is 0 Å². The van der Waals surface area contributed by atoms with Crippen molar-refractivity contribution in [3.63, 3.8) is 0 Å². The topological polar surface area (TPSA) is 79.4 Å². The molecule has 3 aromatic rings. The lowest BCUT2D eigenvalue weighted by molar-refractivity contribution is 0.657. The van der Waals surface area contributed by atoms with E-state index < -0.39 is 0 Å². The standard InChI is InChI=1S/C14H14N6/c1-2-5-11(6-3-1)14-13(18-20-19-14)10-15-9-12-7-4-8-16-17-12/h1-8,15H,9-10H2,(H,18,19,20). The summed E-state index contributed by atoms with van der Waals surface area (Å²) in [7, 11) is 0. The highest BCUT2D eigenvalue weighted by Crippen LogP contribution is 2.18. The van der Waals surface area contributed by atoms with Crippen molar-refractivity contribution in [3.05, 3.63) is 60.0 Å². The second kappa shape index (κ2) is 6.03. The van der Waals surface area contributed by atoms with Gasteiger partial charge in [-0.25, -0.2) is 0 Å². The Hall–Kier alpha value is -2.60. The maximum atomic E-state index is 4.21. The van der Waals surface area contributed by atoms with Crippen LogP contribution in [0.4, 0.5) is 0 Å². The predicted octanol–water partition coefficient (Wildman–Crippen LogP) is 1.55. The third kappa shape index (κ3) is 2.86. The number of rotatable bonds is 5. The molecule has 0 bridgehead atoms. The van der Waals surface area contributed by atoms with Crippen LogP contribution in [0.25, 0.3) is 11.3 Å². The molecule has 0 radical (unpaired) electrons. The molecule has 0 aliphatic rings. The lowest BCUT2D eigenvalue weighted by Gasteiger charge is -2.03. The lowest BCUT2D eigenvalue weighted by Crippen LogP contribution is -2.14. The van der Waals surface area contributed by atoms with Crippen molar-refractivity contribution in [2.75, 3.05) is 0 Å². The fourth-order valence-corrected chi connectivity index (χ4v) is 1.94. The van der Waals surface area contributed by atoms with Crippen molar-refractivity contribution in [1.82, 2.24) is 30.9 Å². The van der Waals surface area contributed by atoms with Gasteiger partial charge in [0.05, 0.1) is 5.69 Å². The van der Waals surface area contributed by atoms with Crippen LogP contribution in [0.15, 0.2) is 48.7 Å². The van der Waals surface area contributed by atoms with Gasteiger partial charge >= 0.3 is 0 Å². The molecule has 2 aromatic heterocycles. The van der Waals surface area contributed by atoms with Gasteiger partial charge in [-0.15, -0.1) is 0 Å². The van der Waals surface area contributed by atoms with Crippen molar-refractivity contribution >= 4 is 0 Å². The molecule has 2 N–H and O–H groups in total. The monoisotopic (exact) mass is 266 g/mol. The van der Waals surface area contributed by atoms with Crippen molar-refractivity contribution in [2.24, 2.45) is 0 Å². The Bertz CT molecular complexity index is 650. The third-order valence-corrected chi connectivity index (χ3v) is 2.89. The quantitative estimate of drug-likeness (QED) is 0.732. The molecule has 0 saturated carbocycles. The van der Waals surface area contributed by atoms with Crippen LogP contribution < -0.4 is 5.32 Å². The second-order valence-corrected chi connectivity index (χ2v) is 4.30. The molecular weight excluding hydrogens is 252 g/mol. The summed E-state index contributed by atoms with van der Waals surface area (Å²) in [5.74, 6) is 0. The van der Waals surface area contributed by atoms with E-state index in [0.717, 1.165) is 22.6 Å². The van der Waals surface area contributed by atoms with E-state index in [-0.39, 0.29) is 0 Å². The molecule has 0 unspecified atom stereocenters. The Kier molecular flexibility index (Phi) is 3.75. The Labute approximate surface area is 116 Å². The number of nitrogens with one attached hydrogen (secondary N) is 2. The highest BCUT2D eigenvalue weighted by molar-refractivity contribution is 5.60. The van der Waals surface area contributed by atoms with E-state index in [1.54, 1.807) is 6.20 Å². The molecule has 0 aliphatic heterocycles. The molecule has 0 saturated heterocycles. The minimum atomic E-state index is 0.622. The Morgan fingerprint density at radius 2 is 1.85 bits per heavy atom. The normalized spacial score (nSPS) is 10.6. The van der Waals surface area contributed by atoms with Crippen LogP contribution in [-0.2, 0) is 13.1 Å². The average molecular weight is 266 g/mol. The number of aromatic nitrogens is 5. The van der Waals surface area contributed by atoms with Crippen molar-refractivity contribution in [2.45, 2.75) is 13.1 Å². The largest absolute Gasteiger partial charge is 0.305 e. The van der Waals surface area contributed by atoms with Crippen LogP contribution in [0, 0.1) is 0 Å². The zero-order chi connectivity index (χ0) is 13.6. The fourth-order valence-electron chi connectivity index (χ4n) is 1.94. The molecule has 100 valence electrons. The first-order chi connectivity index (χ1) is 9.93. The van der Waals surface area contributed by atoms with Gasteiger partial charge in [-0.3, -0.25) is 0 Å². The van der Waals surface area contributed by atoms with Gasteiger partial charge in [0.2, 0.25) is 0 Å². The Morgan fingerprint density at radius 1 is 0.950 bits per heavy atom. The van der Waals surface area contributed by atoms with Crippen LogP contribution in [0.2, 0.25) is 0 Å². The Morgan fingerprint density at radius 3 is 2.65 bits per heavy atom. The summed E-state index contributed by atoms with van der Waals surface area (Å²) in [5, 5.41) is 22.2. The van der Waals surface area contributed by atoms with Crippen LogP contribution in [0.1, 0.15) is 11.4 Å². The SMILES string of the molecule is c1ccc(-c2n[nH]nc2CNCc2cccnn2)cc1. The van der Waals surface area contributed by atoms with E-state index in [1.807, 2.05) is 42.5 Å². The number of aromatic amines is 1. The molecule has 0 amide bonds. The zero-order valence-electron chi connectivity index (χ0n) is 10.8. The first-order valence-corrected chi connectivity index (χ1v) is 6.36. The molecule has 0 spiro atoms. The summed E-state index contributed by atoms with van der Waals surface area (Å²) < 4.78 is 0. The van der Waals surface area contributed by atoms with Crippen LogP contribution >= 0.6 is 0 Å². The van der Waals surface area contributed by atoms with E-state index in [1.165, 1.54) is 0 Å². The van der Waals surface area contributed by atoms with Gasteiger partial charge in [-0.2, -0.15) is 25.6 Å². The van der Waals surface area contributed by atoms with Crippen molar-refractivity contribution in [1.29, 1.82) is 0 Å². The summed E-state index contributed by atoms with van der Waals surface area (Å²) in [6.07, 6.45) is 1.66. The van der Waals surface area contributed by atoms with E-state index in [4.69, 9.17) is 0 Å². The van der Waals surface area contributed by atoms with Crippen LogP contribution in [0.3, 0.4) is 0 Å². The highest BCUT2D eigenvalue weighted by Gasteiger charge is 2.09. The molecule has 0 atom stereocenters. The minimum absolute atomic E-state index is 0.622. The van der Waals surface area contributed by atoms with Crippen molar-refractivity contribution < 1.29 is 0 Å². The molecule has 0 aliphatic carbocycles. The summed E-state index contributed by atoms with van der Waals surface area (Å²) in [5.41, 5.74) is 3.71. The van der Waals surface area contributed by atoms with E-state index in [2.05, 4.69) is 30.9 Å². The Balaban J connectivity index is 1.66. The summed E-state index contributed by atoms with van der Waals surface area (Å²) in [6.45, 7) is 1.27. The molecule has 1 aromatic carbocycles. The van der Waals surface area contributed by atoms with E-state index in [0.29, 0.717) is 13.1 Å². The number of hydrogen-bond acceptors (Lipinski definition) is 5. The minimum Gasteiger partial charge on any atom is -0.305 e. The van der Waals surface area contributed by atoms with E-state index in [9.17, 15) is 0 Å². The van der Waals surface area contributed by atoms with Gasteiger partial charge in [0, 0.05) is 24.8 Å². The molecule has 6 heteroatoms. The number of hydrogen-bond donors (Lipinski definition) is 2. The second-order valence-electron chi connectivity index (χ2n) is 4.30. The van der Waals surface area contributed by atoms with E-state index >= 15 is 0 Å². The number of nitrogens with zero attached hydrogens (tertiary/aromatic N) is 4. The molecular formula is C14H14N6. The molecule has 20 heavy (non-hydrogen) atoms. The highest BCUT2D eigenvalue weighted by atomic mass is 15.3. The summed E-state index contributed by atoms with van der Waals surface area (Å²) in [4.78, 5) is 0. The van der Waals surface area contributed by atoms with Gasteiger partial charge in [-0.05, 0) is 12.1 Å². The maximum Gasteiger partial charge on any atom is 0.117 e. The first-order valence-electron chi connectivity index (χ1n) is 6.36. The summed E-state index contributed by atoms with van der Waals surface area (Å²) >= 11 is 0. The molecule has 0 fully saturated rings. The fraction of sp³-hybridized carbons (Fsp3) is 0.143. The van der Waals surface area contributed by atoms with Crippen LogP contribution in [0.5, 0.6) is 0 Å². The molecule has 6 nitrogen and oxygen atoms in total. The average Bonchev–Trinajstić information content (AvgIpc) is 2.98. The zero-order valence-corrected chi connectivity index (χ0v) is 10.8. The third-order valence-electron chi connectivity index (χ3n) is 2.89. The number of benzene rings is 1. The van der Waals surface area contributed by atoms with Gasteiger partial charge in [0.1, 0.15) is 11.4 Å².